The van der Waals surface area contributed by atoms with E-state index < -0.39 is 0 Å². The van der Waals surface area contributed by atoms with E-state index in [9.17, 15) is 0 Å². The smallest absolute Gasteiger partial charge is 0.0935 e. The highest BCUT2D eigenvalue weighted by molar-refractivity contribution is 7.59. The predicted molar refractivity (Wildman–Crippen MR) is 46.0 cm³/mol. The van der Waals surface area contributed by atoms with Crippen molar-refractivity contribution in [2.45, 2.75) is 6.92 Å². The molecule has 2 nitrogen and oxygen atoms in total. The molecular weight excluding hydrogens is 144 g/mol. The number of rotatable bonds is 2. The van der Waals surface area contributed by atoms with Crippen LogP contribution in [0, 0.1) is 0 Å². The van der Waals surface area contributed by atoms with Gasteiger partial charge in [-0.15, -0.1) is 0 Å². The van der Waals surface area contributed by atoms with Crippen LogP contribution in [0.4, 0.5) is 0 Å². The number of hydrogen-bond donors (Lipinski definition) is 0. The van der Waals surface area contributed by atoms with Crippen molar-refractivity contribution in [2.24, 2.45) is 0 Å². The molecule has 0 saturated carbocycles. The third-order valence-electron chi connectivity index (χ3n) is 1.45. The first-order valence-electron chi connectivity index (χ1n) is 3.17. The average Bonchev–Trinajstić information content (AvgIpc) is 2.34. The van der Waals surface area contributed by atoms with E-state index in [-0.39, 0.29) is 13.5 Å². The molecule has 0 saturated heterocycles. The highest BCUT2D eigenvalue weighted by Crippen LogP contribution is 2.04. The van der Waals surface area contributed by atoms with Gasteiger partial charge in [0.05, 0.1) is 6.67 Å². The van der Waals surface area contributed by atoms with Gasteiger partial charge in [0, 0.05) is 32.4 Å². The van der Waals surface area contributed by atoms with Crippen LogP contribution in [-0.4, -0.2) is 23.0 Å². The first-order valence-corrected chi connectivity index (χ1v) is 3.17. The SMILES string of the molecule is C=CN1C=CN(CC)C1.[S]. The summed E-state index contributed by atoms with van der Waals surface area (Å²) in [5.74, 6) is 0. The number of hydrogen-bond acceptors (Lipinski definition) is 2. The van der Waals surface area contributed by atoms with Crippen molar-refractivity contribution >= 4 is 13.5 Å². The van der Waals surface area contributed by atoms with E-state index in [1.54, 1.807) is 0 Å². The summed E-state index contributed by atoms with van der Waals surface area (Å²) in [4.78, 5) is 4.26. The lowest BCUT2D eigenvalue weighted by Gasteiger charge is -2.15. The second kappa shape index (κ2) is 4.28. The third-order valence-corrected chi connectivity index (χ3v) is 1.45. The Morgan fingerprint density at radius 1 is 1.60 bits per heavy atom. The molecule has 10 heavy (non-hydrogen) atoms. The monoisotopic (exact) mass is 156 g/mol. The minimum atomic E-state index is 0. The maximum atomic E-state index is 3.66. The van der Waals surface area contributed by atoms with Gasteiger partial charge in [-0.3, -0.25) is 0 Å². The maximum absolute atomic E-state index is 3.66. The van der Waals surface area contributed by atoms with Crippen molar-refractivity contribution < 1.29 is 0 Å². The van der Waals surface area contributed by atoms with Crippen LogP contribution in [0.1, 0.15) is 6.92 Å². The van der Waals surface area contributed by atoms with Gasteiger partial charge in [0.15, 0.2) is 0 Å². The van der Waals surface area contributed by atoms with E-state index in [2.05, 4.69) is 24.6 Å². The van der Waals surface area contributed by atoms with Gasteiger partial charge in [0.25, 0.3) is 0 Å². The standard InChI is InChI=1S/C7H12N2.S/c1-3-8-5-6-9(4-2)7-8;/h3,5-6H,1,4,7H2,2H3;. The van der Waals surface area contributed by atoms with Gasteiger partial charge in [-0.25, -0.2) is 0 Å². The zero-order chi connectivity index (χ0) is 6.69. The molecule has 0 bridgehead atoms. The van der Waals surface area contributed by atoms with Crippen molar-refractivity contribution in [3.8, 4) is 0 Å². The summed E-state index contributed by atoms with van der Waals surface area (Å²) in [5, 5.41) is 0. The fourth-order valence-electron chi connectivity index (χ4n) is 0.808. The Bertz CT molecular complexity index is 134. The molecule has 1 rings (SSSR count). The fraction of sp³-hybridized carbons (Fsp3) is 0.429. The zero-order valence-corrected chi connectivity index (χ0v) is 6.97. The summed E-state index contributed by atoms with van der Waals surface area (Å²) in [6, 6.07) is 0. The lowest BCUT2D eigenvalue weighted by molar-refractivity contribution is 0.328. The molecule has 0 spiro atoms. The van der Waals surface area contributed by atoms with Gasteiger partial charge in [-0.1, -0.05) is 6.58 Å². The quantitative estimate of drug-likeness (QED) is 0.602. The molecular formula is C7H12N2S. The van der Waals surface area contributed by atoms with Crippen molar-refractivity contribution in [2.75, 3.05) is 13.2 Å². The van der Waals surface area contributed by atoms with Crippen LogP contribution in [0.2, 0.25) is 0 Å². The van der Waals surface area contributed by atoms with Crippen molar-refractivity contribution in [1.29, 1.82) is 0 Å². The Kier molecular flexibility index (Phi) is 4.03. The van der Waals surface area contributed by atoms with Gasteiger partial charge in [-0.2, -0.15) is 0 Å². The molecule has 0 aromatic rings. The zero-order valence-electron chi connectivity index (χ0n) is 6.16. The second-order valence-electron chi connectivity index (χ2n) is 2.04. The van der Waals surface area contributed by atoms with Crippen LogP contribution < -0.4 is 0 Å². The molecule has 0 atom stereocenters. The van der Waals surface area contributed by atoms with E-state index in [4.69, 9.17) is 0 Å². The predicted octanol–water partition coefficient (Wildman–Crippen LogP) is 1.84. The van der Waals surface area contributed by atoms with Crippen LogP contribution in [0.15, 0.2) is 25.2 Å². The summed E-state index contributed by atoms with van der Waals surface area (Å²) in [7, 11) is 0. The van der Waals surface area contributed by atoms with E-state index in [0.29, 0.717) is 0 Å². The van der Waals surface area contributed by atoms with Crippen molar-refractivity contribution in [1.82, 2.24) is 9.80 Å². The highest BCUT2D eigenvalue weighted by atomic mass is 32.1. The average molecular weight is 156 g/mol. The summed E-state index contributed by atoms with van der Waals surface area (Å²) < 4.78 is 0. The molecule has 2 radical (unpaired) electrons. The van der Waals surface area contributed by atoms with Crippen LogP contribution in [0.5, 0.6) is 0 Å². The minimum Gasteiger partial charge on any atom is -0.359 e. The lowest BCUT2D eigenvalue weighted by atomic mass is 10.6. The molecule has 0 aromatic heterocycles. The highest BCUT2D eigenvalue weighted by Gasteiger charge is 2.05. The molecule has 0 aliphatic carbocycles. The molecule has 0 aromatic carbocycles. The largest absolute Gasteiger partial charge is 0.359 e. The Morgan fingerprint density at radius 2 is 2.30 bits per heavy atom. The van der Waals surface area contributed by atoms with Crippen LogP contribution >= 0.6 is 13.5 Å². The Balaban J connectivity index is 0.000000810. The van der Waals surface area contributed by atoms with E-state index in [1.165, 1.54) is 0 Å². The summed E-state index contributed by atoms with van der Waals surface area (Å²) in [5.41, 5.74) is 0. The van der Waals surface area contributed by atoms with Crippen LogP contribution in [0.25, 0.3) is 0 Å². The van der Waals surface area contributed by atoms with Gasteiger partial charge in [0.2, 0.25) is 0 Å². The summed E-state index contributed by atoms with van der Waals surface area (Å²) >= 11 is 0. The summed E-state index contributed by atoms with van der Waals surface area (Å²) in [6.07, 6.45) is 5.92. The van der Waals surface area contributed by atoms with E-state index >= 15 is 0 Å². The molecule has 1 aliphatic rings. The van der Waals surface area contributed by atoms with E-state index in [1.807, 2.05) is 17.3 Å². The molecule has 3 heteroatoms. The van der Waals surface area contributed by atoms with Gasteiger partial charge in [0.1, 0.15) is 0 Å². The van der Waals surface area contributed by atoms with E-state index in [0.717, 1.165) is 13.2 Å². The fourth-order valence-corrected chi connectivity index (χ4v) is 0.808. The second-order valence-corrected chi connectivity index (χ2v) is 2.04. The molecule has 56 valence electrons. The Morgan fingerprint density at radius 3 is 2.60 bits per heavy atom. The van der Waals surface area contributed by atoms with Crippen molar-refractivity contribution in [3.05, 3.63) is 25.2 Å². The molecule has 0 amide bonds. The Hall–Kier alpha value is -0.570. The Labute approximate surface area is 69.3 Å². The molecule has 0 N–H and O–H groups in total. The summed E-state index contributed by atoms with van der Waals surface area (Å²) in [6.45, 7) is 7.82. The van der Waals surface area contributed by atoms with Gasteiger partial charge in [-0.05, 0) is 13.1 Å². The molecule has 1 aliphatic heterocycles. The first kappa shape index (κ1) is 9.43. The third kappa shape index (κ3) is 1.99. The number of nitrogens with zero attached hydrogens (tertiary/aromatic N) is 2. The lowest BCUT2D eigenvalue weighted by Crippen LogP contribution is -2.20. The first-order chi connectivity index (χ1) is 4.36. The molecule has 0 fully saturated rings. The molecule has 1 heterocycles. The van der Waals surface area contributed by atoms with Crippen LogP contribution in [0.3, 0.4) is 0 Å². The minimum absolute atomic E-state index is 0. The van der Waals surface area contributed by atoms with Gasteiger partial charge < -0.3 is 9.80 Å². The maximum Gasteiger partial charge on any atom is 0.0935 e. The van der Waals surface area contributed by atoms with Crippen molar-refractivity contribution in [3.63, 3.8) is 0 Å². The normalized spacial score (nSPS) is 15.3. The topological polar surface area (TPSA) is 6.48 Å². The van der Waals surface area contributed by atoms with Gasteiger partial charge >= 0.3 is 0 Å². The van der Waals surface area contributed by atoms with Crippen LogP contribution in [-0.2, 0) is 0 Å². The molecule has 0 unspecified atom stereocenters.